The molecular formula is C11H9ClFN3OS. The van der Waals surface area contributed by atoms with Crippen LogP contribution < -0.4 is 11.3 Å². The Bertz CT molecular complexity index is 632. The third kappa shape index (κ3) is 3.24. The van der Waals surface area contributed by atoms with E-state index in [0.29, 0.717) is 21.5 Å². The summed E-state index contributed by atoms with van der Waals surface area (Å²) in [6, 6.07) is 5.63. The van der Waals surface area contributed by atoms with Crippen molar-refractivity contribution in [3.05, 3.63) is 51.0 Å². The molecular weight excluding hydrogens is 277 g/mol. The molecule has 0 spiro atoms. The lowest BCUT2D eigenvalue weighted by molar-refractivity contribution is 0.617. The molecule has 4 nitrogen and oxygen atoms in total. The van der Waals surface area contributed by atoms with E-state index >= 15 is 0 Å². The van der Waals surface area contributed by atoms with Crippen LogP contribution in [0.5, 0.6) is 0 Å². The van der Waals surface area contributed by atoms with Gasteiger partial charge in [-0.15, -0.1) is 0 Å². The molecule has 0 radical (unpaired) electrons. The highest BCUT2D eigenvalue weighted by molar-refractivity contribution is 7.98. The number of aromatic amines is 1. The molecule has 2 rings (SSSR count). The second kappa shape index (κ2) is 5.41. The number of thioether (sulfide) groups is 1. The molecule has 0 saturated carbocycles. The smallest absolute Gasteiger partial charge is 0.253 e. The van der Waals surface area contributed by atoms with Crippen molar-refractivity contribution in [3.63, 3.8) is 0 Å². The molecule has 0 amide bonds. The van der Waals surface area contributed by atoms with Gasteiger partial charge in [-0.05, 0) is 17.7 Å². The molecule has 0 saturated heterocycles. The number of benzene rings is 1. The Hall–Kier alpha value is -1.53. The van der Waals surface area contributed by atoms with Gasteiger partial charge in [0, 0.05) is 16.8 Å². The first-order valence-corrected chi connectivity index (χ1v) is 6.34. The van der Waals surface area contributed by atoms with Crippen LogP contribution in [0.3, 0.4) is 0 Å². The summed E-state index contributed by atoms with van der Waals surface area (Å²) >= 11 is 6.84. The van der Waals surface area contributed by atoms with E-state index in [2.05, 4.69) is 9.97 Å². The number of hydrogen-bond donors (Lipinski definition) is 2. The predicted octanol–water partition coefficient (Wildman–Crippen LogP) is 2.44. The number of nitrogens with zero attached hydrogens (tertiary/aromatic N) is 1. The fourth-order valence-electron chi connectivity index (χ4n) is 1.31. The number of H-pyrrole nitrogens is 1. The summed E-state index contributed by atoms with van der Waals surface area (Å²) in [7, 11) is 0. The van der Waals surface area contributed by atoms with Gasteiger partial charge in [0.2, 0.25) is 0 Å². The molecule has 7 heteroatoms. The fourth-order valence-corrected chi connectivity index (χ4v) is 2.33. The Kier molecular flexibility index (Phi) is 3.88. The van der Waals surface area contributed by atoms with Crippen molar-refractivity contribution >= 4 is 29.2 Å². The van der Waals surface area contributed by atoms with Gasteiger partial charge in [0.15, 0.2) is 5.16 Å². The molecule has 0 aliphatic carbocycles. The highest BCUT2D eigenvalue weighted by Gasteiger charge is 2.05. The minimum absolute atomic E-state index is 0.137. The van der Waals surface area contributed by atoms with E-state index in [1.54, 1.807) is 12.1 Å². The summed E-state index contributed by atoms with van der Waals surface area (Å²) < 4.78 is 13.5. The van der Waals surface area contributed by atoms with Crippen molar-refractivity contribution < 1.29 is 4.39 Å². The van der Waals surface area contributed by atoms with Crippen molar-refractivity contribution in [2.45, 2.75) is 10.9 Å². The van der Waals surface area contributed by atoms with Gasteiger partial charge < -0.3 is 10.7 Å². The molecule has 0 bridgehead atoms. The molecule has 0 unspecified atom stereocenters. The molecule has 18 heavy (non-hydrogen) atoms. The fraction of sp³-hybridized carbons (Fsp3) is 0.0909. The van der Waals surface area contributed by atoms with E-state index in [1.807, 2.05) is 0 Å². The van der Waals surface area contributed by atoms with Gasteiger partial charge in [-0.25, -0.2) is 9.37 Å². The van der Waals surface area contributed by atoms with Crippen LogP contribution in [0.2, 0.25) is 5.02 Å². The minimum atomic E-state index is -0.388. The van der Waals surface area contributed by atoms with Crippen LogP contribution in [-0.4, -0.2) is 9.97 Å². The van der Waals surface area contributed by atoms with Crippen LogP contribution in [0.15, 0.2) is 34.2 Å². The first kappa shape index (κ1) is 12.9. The van der Waals surface area contributed by atoms with Crippen LogP contribution in [0.25, 0.3) is 0 Å². The van der Waals surface area contributed by atoms with E-state index in [-0.39, 0.29) is 17.2 Å². The van der Waals surface area contributed by atoms with Crippen molar-refractivity contribution in [2.75, 3.05) is 5.73 Å². The summed E-state index contributed by atoms with van der Waals surface area (Å²) in [5.74, 6) is 0.0779. The van der Waals surface area contributed by atoms with Crippen LogP contribution in [0.1, 0.15) is 5.56 Å². The first-order chi connectivity index (χ1) is 8.54. The van der Waals surface area contributed by atoms with Gasteiger partial charge in [0.05, 0.1) is 0 Å². The highest BCUT2D eigenvalue weighted by Crippen LogP contribution is 2.22. The standard InChI is InChI=1S/C11H9ClFN3OS/c12-7-2-1-6(8(13)3-7)5-18-11-15-9(14)4-10(17)16-11/h1-4H,5H2,(H3,14,15,16,17). The Morgan fingerprint density at radius 1 is 1.44 bits per heavy atom. The Morgan fingerprint density at radius 2 is 2.22 bits per heavy atom. The number of nitrogen functional groups attached to an aromatic ring is 1. The topological polar surface area (TPSA) is 71.8 Å². The quantitative estimate of drug-likeness (QED) is 0.671. The maximum Gasteiger partial charge on any atom is 0.253 e. The van der Waals surface area contributed by atoms with Gasteiger partial charge in [-0.2, -0.15) is 0 Å². The third-order valence-electron chi connectivity index (χ3n) is 2.12. The predicted molar refractivity (Wildman–Crippen MR) is 70.2 cm³/mol. The normalized spacial score (nSPS) is 10.6. The van der Waals surface area contributed by atoms with Gasteiger partial charge in [0.25, 0.3) is 5.56 Å². The van der Waals surface area contributed by atoms with Gasteiger partial charge >= 0.3 is 0 Å². The lowest BCUT2D eigenvalue weighted by Gasteiger charge is -2.03. The monoisotopic (exact) mass is 285 g/mol. The van der Waals surface area contributed by atoms with Crippen LogP contribution >= 0.6 is 23.4 Å². The van der Waals surface area contributed by atoms with E-state index < -0.39 is 0 Å². The number of hydrogen-bond acceptors (Lipinski definition) is 4. The SMILES string of the molecule is Nc1cc(=O)[nH]c(SCc2ccc(Cl)cc2F)n1. The lowest BCUT2D eigenvalue weighted by Crippen LogP contribution is -2.09. The van der Waals surface area contributed by atoms with Crippen molar-refractivity contribution in [2.24, 2.45) is 0 Å². The summed E-state index contributed by atoms with van der Waals surface area (Å²) in [6.45, 7) is 0. The molecule has 0 fully saturated rings. The summed E-state index contributed by atoms with van der Waals surface area (Å²) in [5, 5.41) is 0.700. The lowest BCUT2D eigenvalue weighted by atomic mass is 10.2. The third-order valence-corrected chi connectivity index (χ3v) is 3.28. The molecule has 0 aliphatic heterocycles. The average molecular weight is 286 g/mol. The molecule has 1 aromatic carbocycles. The van der Waals surface area contributed by atoms with Gasteiger partial charge in [-0.1, -0.05) is 29.4 Å². The maximum absolute atomic E-state index is 13.5. The maximum atomic E-state index is 13.5. The van der Waals surface area contributed by atoms with E-state index in [1.165, 1.54) is 23.9 Å². The average Bonchev–Trinajstić information content (AvgIpc) is 2.26. The molecule has 0 aliphatic rings. The highest BCUT2D eigenvalue weighted by atomic mass is 35.5. The van der Waals surface area contributed by atoms with E-state index in [9.17, 15) is 9.18 Å². The summed E-state index contributed by atoms with van der Waals surface area (Å²) in [5.41, 5.74) is 5.59. The number of halogens is 2. The van der Waals surface area contributed by atoms with Crippen molar-refractivity contribution in [3.8, 4) is 0 Å². The number of aromatic nitrogens is 2. The zero-order valence-electron chi connectivity index (χ0n) is 9.11. The Morgan fingerprint density at radius 3 is 2.89 bits per heavy atom. The minimum Gasteiger partial charge on any atom is -0.383 e. The Labute approximate surface area is 111 Å². The number of rotatable bonds is 3. The van der Waals surface area contributed by atoms with Gasteiger partial charge in [-0.3, -0.25) is 4.79 Å². The van der Waals surface area contributed by atoms with Crippen LogP contribution in [0.4, 0.5) is 10.2 Å². The first-order valence-electron chi connectivity index (χ1n) is 4.98. The number of nitrogens with one attached hydrogen (secondary N) is 1. The zero-order valence-corrected chi connectivity index (χ0v) is 10.7. The van der Waals surface area contributed by atoms with Crippen molar-refractivity contribution in [1.82, 2.24) is 9.97 Å². The largest absolute Gasteiger partial charge is 0.383 e. The zero-order chi connectivity index (χ0) is 13.1. The van der Waals surface area contributed by atoms with E-state index in [0.717, 1.165) is 0 Å². The van der Waals surface area contributed by atoms with Crippen LogP contribution in [-0.2, 0) is 5.75 Å². The summed E-state index contributed by atoms with van der Waals surface area (Å²) in [4.78, 5) is 17.6. The molecule has 1 heterocycles. The number of nitrogens with two attached hydrogens (primary N) is 1. The molecule has 1 aromatic heterocycles. The van der Waals surface area contributed by atoms with Crippen LogP contribution in [0, 0.1) is 5.82 Å². The second-order valence-electron chi connectivity index (χ2n) is 3.50. The Balaban J connectivity index is 2.13. The number of anilines is 1. The second-order valence-corrected chi connectivity index (χ2v) is 4.90. The van der Waals surface area contributed by atoms with Gasteiger partial charge in [0.1, 0.15) is 11.6 Å². The molecule has 2 aromatic rings. The van der Waals surface area contributed by atoms with E-state index in [4.69, 9.17) is 17.3 Å². The molecule has 0 atom stereocenters. The summed E-state index contributed by atoms with van der Waals surface area (Å²) in [6.07, 6.45) is 0. The molecule has 3 N–H and O–H groups in total. The molecule has 94 valence electrons. The van der Waals surface area contributed by atoms with Crippen molar-refractivity contribution in [1.29, 1.82) is 0 Å².